The van der Waals surface area contributed by atoms with E-state index in [2.05, 4.69) is 30.9 Å². The normalized spacial score (nSPS) is 12.3. The Morgan fingerprint density at radius 2 is 1.64 bits per heavy atom. The third-order valence-corrected chi connectivity index (χ3v) is 3.82. The summed E-state index contributed by atoms with van der Waals surface area (Å²) in [6.07, 6.45) is 1.69. The molecule has 120 valence electrons. The van der Waals surface area contributed by atoms with E-state index in [-0.39, 0.29) is 11.2 Å². The van der Waals surface area contributed by atoms with Crippen LogP contribution in [-0.2, 0) is 0 Å². The molecule has 2 aromatic heterocycles. The van der Waals surface area contributed by atoms with Crippen molar-refractivity contribution in [3.63, 3.8) is 0 Å². The zero-order valence-electron chi connectivity index (χ0n) is 13.6. The van der Waals surface area contributed by atoms with Crippen molar-refractivity contribution in [2.75, 3.05) is 0 Å². The Kier molecular flexibility index (Phi) is 4.77. The molecule has 0 bridgehead atoms. The van der Waals surface area contributed by atoms with Crippen LogP contribution in [0.4, 0.5) is 0 Å². The zero-order valence-corrected chi connectivity index (χ0v) is 16.0. The lowest BCUT2D eigenvalue weighted by Crippen LogP contribution is -2.26. The first-order valence-corrected chi connectivity index (χ1v) is 8.57. The van der Waals surface area contributed by atoms with Gasteiger partial charge < -0.3 is 9.47 Å². The summed E-state index contributed by atoms with van der Waals surface area (Å²) in [4.78, 5) is 13.1. The molecule has 0 fully saturated rings. The maximum absolute atomic E-state index is 5.97. The Hall–Kier alpha value is -1.21. The number of aromatic nitrogens is 3. The summed E-state index contributed by atoms with van der Waals surface area (Å²) in [6.45, 7) is 11.8. The molecule has 22 heavy (non-hydrogen) atoms. The Bertz CT molecular complexity index is 660. The molecule has 0 aliphatic carbocycles. The van der Waals surface area contributed by atoms with Gasteiger partial charge in [-0.2, -0.15) is 4.98 Å². The Labute approximate surface area is 143 Å². The van der Waals surface area contributed by atoms with Gasteiger partial charge in [-0.1, -0.05) is 0 Å². The highest BCUT2D eigenvalue weighted by atomic mass is 79.9. The van der Waals surface area contributed by atoms with Gasteiger partial charge in [-0.25, -0.2) is 9.97 Å². The van der Waals surface area contributed by atoms with E-state index in [0.29, 0.717) is 11.9 Å². The van der Waals surface area contributed by atoms with Crippen LogP contribution < -0.4 is 9.47 Å². The first kappa shape index (κ1) is 17.1. The molecule has 2 heterocycles. The predicted molar refractivity (Wildman–Crippen MR) is 91.6 cm³/mol. The van der Waals surface area contributed by atoms with Gasteiger partial charge in [0.1, 0.15) is 20.8 Å². The highest BCUT2D eigenvalue weighted by Gasteiger charge is 2.22. The summed E-state index contributed by atoms with van der Waals surface area (Å²) in [5.74, 6) is 0.476. The molecule has 0 aromatic carbocycles. The number of ether oxygens (including phenoxy) is 2. The summed E-state index contributed by atoms with van der Waals surface area (Å²) < 4.78 is 12.5. The maximum Gasteiger partial charge on any atom is 0.320 e. The maximum atomic E-state index is 5.97. The fourth-order valence-corrected chi connectivity index (χ4v) is 2.82. The van der Waals surface area contributed by atoms with Gasteiger partial charge in [-0.3, -0.25) is 0 Å². The number of nitrogens with zero attached hydrogens (tertiary/aromatic N) is 3. The van der Waals surface area contributed by atoms with Crippen LogP contribution in [0.15, 0.2) is 16.2 Å². The molecule has 2 rings (SSSR count). The topological polar surface area (TPSA) is 57.1 Å². The lowest BCUT2D eigenvalue weighted by atomic mass is 10.2. The van der Waals surface area contributed by atoms with Gasteiger partial charge >= 0.3 is 6.01 Å². The van der Waals surface area contributed by atoms with Crippen molar-refractivity contribution in [1.82, 2.24) is 15.0 Å². The lowest BCUT2D eigenvalue weighted by molar-refractivity contribution is 0.103. The molecule has 0 atom stereocenters. The van der Waals surface area contributed by atoms with Crippen molar-refractivity contribution in [3.8, 4) is 22.5 Å². The summed E-state index contributed by atoms with van der Waals surface area (Å²) >= 11 is 4.87. The van der Waals surface area contributed by atoms with E-state index in [0.717, 1.165) is 15.2 Å². The van der Waals surface area contributed by atoms with Crippen LogP contribution in [-0.4, -0.2) is 26.2 Å². The molecular formula is C15H20BrN3O2S. The quantitative estimate of drug-likeness (QED) is 0.764. The molecule has 0 aliphatic rings. The molecule has 0 amide bonds. The van der Waals surface area contributed by atoms with E-state index < -0.39 is 0 Å². The number of rotatable bonds is 3. The van der Waals surface area contributed by atoms with Crippen molar-refractivity contribution < 1.29 is 9.47 Å². The summed E-state index contributed by atoms with van der Waals surface area (Å²) in [5, 5.41) is 2.71. The fraction of sp³-hybridized carbons (Fsp3) is 0.533. The Balaban J connectivity index is 2.44. The fourth-order valence-electron chi connectivity index (χ4n) is 1.57. The molecule has 5 nitrogen and oxygen atoms in total. The van der Waals surface area contributed by atoms with Crippen LogP contribution in [0.1, 0.15) is 41.5 Å². The van der Waals surface area contributed by atoms with Gasteiger partial charge in [-0.15, -0.1) is 11.3 Å². The predicted octanol–water partition coefficient (Wildman–Crippen LogP) is 4.72. The summed E-state index contributed by atoms with van der Waals surface area (Å²) in [7, 11) is 0. The molecule has 0 saturated heterocycles. The molecule has 0 unspecified atom stereocenters. The molecule has 0 saturated carbocycles. The monoisotopic (exact) mass is 385 g/mol. The van der Waals surface area contributed by atoms with E-state index in [9.17, 15) is 0 Å². The van der Waals surface area contributed by atoms with Gasteiger partial charge in [0.15, 0.2) is 0 Å². The Morgan fingerprint density at radius 3 is 2.14 bits per heavy atom. The van der Waals surface area contributed by atoms with Crippen LogP contribution in [0.5, 0.6) is 11.9 Å². The van der Waals surface area contributed by atoms with Crippen molar-refractivity contribution >= 4 is 27.3 Å². The van der Waals surface area contributed by atoms with Gasteiger partial charge in [0.2, 0.25) is 5.88 Å². The van der Waals surface area contributed by atoms with Gasteiger partial charge in [0, 0.05) is 11.6 Å². The second kappa shape index (κ2) is 6.12. The number of thiazole rings is 1. The average molecular weight is 386 g/mol. The van der Waals surface area contributed by atoms with Gasteiger partial charge in [-0.05, 0) is 57.5 Å². The SMILES string of the molecule is CC(C)(C)Oc1ncc(-c2nc(Br)cs2)c(OC(C)(C)C)n1. The first-order chi connectivity index (χ1) is 10.0. The van der Waals surface area contributed by atoms with Crippen LogP contribution in [0.2, 0.25) is 0 Å². The minimum atomic E-state index is -0.378. The minimum absolute atomic E-state index is 0.297. The van der Waals surface area contributed by atoms with Crippen molar-refractivity contribution in [2.24, 2.45) is 0 Å². The highest BCUT2D eigenvalue weighted by molar-refractivity contribution is 9.10. The van der Waals surface area contributed by atoms with Crippen LogP contribution in [0, 0.1) is 0 Å². The van der Waals surface area contributed by atoms with Crippen LogP contribution in [0.3, 0.4) is 0 Å². The summed E-state index contributed by atoms with van der Waals surface area (Å²) in [5.41, 5.74) is 0.00769. The number of hydrogen-bond acceptors (Lipinski definition) is 6. The molecular weight excluding hydrogens is 366 g/mol. The molecule has 7 heteroatoms. The third kappa shape index (κ3) is 4.91. The largest absolute Gasteiger partial charge is 0.471 e. The molecule has 2 aromatic rings. The van der Waals surface area contributed by atoms with E-state index in [1.165, 1.54) is 11.3 Å². The van der Waals surface area contributed by atoms with Crippen LogP contribution in [0.25, 0.3) is 10.6 Å². The van der Waals surface area contributed by atoms with Crippen molar-refractivity contribution in [2.45, 2.75) is 52.7 Å². The summed E-state index contributed by atoms with van der Waals surface area (Å²) in [6, 6.07) is 0.297. The minimum Gasteiger partial charge on any atom is -0.471 e. The van der Waals surface area contributed by atoms with E-state index in [1.54, 1.807) is 6.20 Å². The number of hydrogen-bond donors (Lipinski definition) is 0. The molecule has 0 N–H and O–H groups in total. The highest BCUT2D eigenvalue weighted by Crippen LogP contribution is 2.34. The second-order valence-electron chi connectivity index (χ2n) is 6.78. The van der Waals surface area contributed by atoms with E-state index >= 15 is 0 Å². The third-order valence-electron chi connectivity index (χ3n) is 2.24. The molecule has 0 spiro atoms. The molecule has 0 radical (unpaired) electrons. The Morgan fingerprint density at radius 1 is 1.00 bits per heavy atom. The van der Waals surface area contributed by atoms with E-state index in [1.807, 2.05) is 46.9 Å². The van der Waals surface area contributed by atoms with Crippen molar-refractivity contribution in [1.29, 1.82) is 0 Å². The zero-order chi connectivity index (χ0) is 16.5. The first-order valence-electron chi connectivity index (χ1n) is 6.90. The van der Waals surface area contributed by atoms with Gasteiger partial charge in [0.25, 0.3) is 0 Å². The van der Waals surface area contributed by atoms with Crippen LogP contribution >= 0.6 is 27.3 Å². The van der Waals surface area contributed by atoms with E-state index in [4.69, 9.17) is 9.47 Å². The standard InChI is InChI=1S/C15H20BrN3O2S/c1-14(2,3)20-11-9(12-18-10(16)8-22-12)7-17-13(19-11)21-15(4,5)6/h7-8H,1-6H3. The lowest BCUT2D eigenvalue weighted by Gasteiger charge is -2.23. The smallest absolute Gasteiger partial charge is 0.320 e. The van der Waals surface area contributed by atoms with Gasteiger partial charge in [0.05, 0.1) is 5.56 Å². The molecule has 0 aliphatic heterocycles. The van der Waals surface area contributed by atoms with Crippen molar-refractivity contribution in [3.05, 3.63) is 16.2 Å². The average Bonchev–Trinajstić information content (AvgIpc) is 2.71. The number of halogens is 1. The second-order valence-corrected chi connectivity index (χ2v) is 8.45.